The molecule has 0 radical (unpaired) electrons. The van der Waals surface area contributed by atoms with Crippen LogP contribution < -0.4 is 11.1 Å². The van der Waals surface area contributed by atoms with Crippen molar-refractivity contribution in [1.29, 1.82) is 0 Å². The topological polar surface area (TPSA) is 38.0 Å². The van der Waals surface area contributed by atoms with Crippen LogP contribution in [0.15, 0.2) is 22.7 Å². The minimum absolute atomic E-state index is 0.110. The van der Waals surface area contributed by atoms with Gasteiger partial charge in [0.2, 0.25) is 0 Å². The summed E-state index contributed by atoms with van der Waals surface area (Å²) in [5.41, 5.74) is 7.64. The third kappa shape index (κ3) is 2.91. The monoisotopic (exact) mass is 256 g/mol. The van der Waals surface area contributed by atoms with E-state index >= 15 is 0 Å². The molecule has 78 valence electrons. The number of benzene rings is 1. The Labute approximate surface area is 94.0 Å². The van der Waals surface area contributed by atoms with E-state index in [0.29, 0.717) is 0 Å². The van der Waals surface area contributed by atoms with Gasteiger partial charge in [0, 0.05) is 21.4 Å². The second-order valence-corrected chi connectivity index (χ2v) is 4.96. The standard InChI is InChI=1S/C11H17BrN2/c1-4-11(2,3)14-10-6-5-8(13)7-9(10)12/h5-7,14H,4,13H2,1-3H3. The number of nitrogen functional groups attached to an aromatic ring is 1. The third-order valence-corrected chi connectivity index (χ3v) is 3.01. The Bertz CT molecular complexity index is 321. The van der Waals surface area contributed by atoms with Crippen molar-refractivity contribution in [2.24, 2.45) is 0 Å². The average Bonchev–Trinajstić information content (AvgIpc) is 2.10. The lowest BCUT2D eigenvalue weighted by atomic mass is 10.0. The van der Waals surface area contributed by atoms with Crippen LogP contribution in [-0.4, -0.2) is 5.54 Å². The number of nitrogens with two attached hydrogens (primary N) is 1. The van der Waals surface area contributed by atoms with Gasteiger partial charge in [0.1, 0.15) is 0 Å². The van der Waals surface area contributed by atoms with E-state index in [1.54, 1.807) is 0 Å². The van der Waals surface area contributed by atoms with E-state index in [0.717, 1.165) is 22.3 Å². The molecule has 1 aromatic rings. The highest BCUT2D eigenvalue weighted by atomic mass is 79.9. The summed E-state index contributed by atoms with van der Waals surface area (Å²) in [5.74, 6) is 0. The van der Waals surface area contributed by atoms with Gasteiger partial charge in [0.25, 0.3) is 0 Å². The van der Waals surface area contributed by atoms with Crippen molar-refractivity contribution < 1.29 is 0 Å². The molecule has 0 amide bonds. The first kappa shape index (κ1) is 11.4. The van der Waals surface area contributed by atoms with Gasteiger partial charge in [-0.25, -0.2) is 0 Å². The zero-order valence-electron chi connectivity index (χ0n) is 8.89. The lowest BCUT2D eigenvalue weighted by molar-refractivity contribution is 0.547. The highest BCUT2D eigenvalue weighted by Gasteiger charge is 2.15. The molecule has 0 bridgehead atoms. The van der Waals surface area contributed by atoms with Crippen LogP contribution in [0.5, 0.6) is 0 Å². The molecule has 14 heavy (non-hydrogen) atoms. The highest BCUT2D eigenvalue weighted by Crippen LogP contribution is 2.28. The van der Waals surface area contributed by atoms with Gasteiger partial charge < -0.3 is 11.1 Å². The van der Waals surface area contributed by atoms with E-state index in [1.165, 1.54) is 0 Å². The van der Waals surface area contributed by atoms with Gasteiger partial charge in [-0.1, -0.05) is 6.92 Å². The molecule has 0 unspecified atom stereocenters. The summed E-state index contributed by atoms with van der Waals surface area (Å²) < 4.78 is 1.01. The molecule has 2 nitrogen and oxygen atoms in total. The van der Waals surface area contributed by atoms with Crippen molar-refractivity contribution in [1.82, 2.24) is 0 Å². The molecule has 0 atom stereocenters. The second-order valence-electron chi connectivity index (χ2n) is 4.10. The van der Waals surface area contributed by atoms with Gasteiger partial charge in [-0.3, -0.25) is 0 Å². The summed E-state index contributed by atoms with van der Waals surface area (Å²) >= 11 is 3.49. The van der Waals surface area contributed by atoms with Crippen LogP contribution in [-0.2, 0) is 0 Å². The van der Waals surface area contributed by atoms with Crippen molar-refractivity contribution in [3.05, 3.63) is 22.7 Å². The first-order valence-electron chi connectivity index (χ1n) is 4.78. The van der Waals surface area contributed by atoms with Gasteiger partial charge >= 0.3 is 0 Å². The fourth-order valence-electron chi connectivity index (χ4n) is 1.09. The highest BCUT2D eigenvalue weighted by molar-refractivity contribution is 9.10. The van der Waals surface area contributed by atoms with Crippen molar-refractivity contribution in [2.45, 2.75) is 32.7 Å². The fourth-order valence-corrected chi connectivity index (χ4v) is 1.58. The van der Waals surface area contributed by atoms with Gasteiger partial charge in [-0.15, -0.1) is 0 Å². The van der Waals surface area contributed by atoms with Crippen molar-refractivity contribution >= 4 is 27.3 Å². The zero-order valence-corrected chi connectivity index (χ0v) is 10.5. The Balaban J connectivity index is 2.87. The molecule has 0 saturated carbocycles. The summed E-state index contributed by atoms with van der Waals surface area (Å²) in [5, 5.41) is 3.46. The maximum absolute atomic E-state index is 5.67. The van der Waals surface area contributed by atoms with Crippen LogP contribution in [0.25, 0.3) is 0 Å². The minimum Gasteiger partial charge on any atom is -0.399 e. The molecule has 0 aromatic heterocycles. The fraction of sp³-hybridized carbons (Fsp3) is 0.455. The summed E-state index contributed by atoms with van der Waals surface area (Å²) in [4.78, 5) is 0. The molecule has 0 spiro atoms. The van der Waals surface area contributed by atoms with Crippen LogP contribution in [0, 0.1) is 0 Å². The normalized spacial score (nSPS) is 11.4. The lowest BCUT2D eigenvalue weighted by Gasteiger charge is -2.26. The van der Waals surface area contributed by atoms with Gasteiger partial charge in [-0.05, 0) is 54.4 Å². The van der Waals surface area contributed by atoms with Crippen LogP contribution in [0.3, 0.4) is 0 Å². The Hall–Kier alpha value is -0.700. The Morgan fingerprint density at radius 3 is 2.57 bits per heavy atom. The Kier molecular flexibility index (Phi) is 3.43. The van der Waals surface area contributed by atoms with E-state index in [-0.39, 0.29) is 5.54 Å². The summed E-state index contributed by atoms with van der Waals surface area (Å²) in [6.45, 7) is 6.52. The predicted octanol–water partition coefficient (Wildman–Crippen LogP) is 3.63. The molecule has 0 saturated heterocycles. The third-order valence-electron chi connectivity index (χ3n) is 2.35. The van der Waals surface area contributed by atoms with Crippen LogP contribution in [0.2, 0.25) is 0 Å². The van der Waals surface area contributed by atoms with Crippen LogP contribution in [0.1, 0.15) is 27.2 Å². The number of anilines is 2. The molecular formula is C11H17BrN2. The van der Waals surface area contributed by atoms with Crippen LogP contribution >= 0.6 is 15.9 Å². The minimum atomic E-state index is 0.110. The first-order chi connectivity index (χ1) is 6.44. The predicted molar refractivity (Wildman–Crippen MR) is 66.5 cm³/mol. The summed E-state index contributed by atoms with van der Waals surface area (Å²) in [6.07, 6.45) is 1.07. The lowest BCUT2D eigenvalue weighted by Crippen LogP contribution is -2.29. The van der Waals surface area contributed by atoms with Crippen LogP contribution in [0.4, 0.5) is 11.4 Å². The Morgan fingerprint density at radius 2 is 2.07 bits per heavy atom. The van der Waals surface area contributed by atoms with E-state index in [1.807, 2.05) is 18.2 Å². The molecule has 1 rings (SSSR count). The summed E-state index contributed by atoms with van der Waals surface area (Å²) in [7, 11) is 0. The molecule has 0 heterocycles. The molecule has 0 fully saturated rings. The van der Waals surface area contributed by atoms with E-state index < -0.39 is 0 Å². The molecular weight excluding hydrogens is 240 g/mol. The van der Waals surface area contributed by atoms with Crippen molar-refractivity contribution in [3.8, 4) is 0 Å². The largest absolute Gasteiger partial charge is 0.399 e. The number of hydrogen-bond acceptors (Lipinski definition) is 2. The maximum Gasteiger partial charge on any atom is 0.0490 e. The number of halogens is 1. The quantitative estimate of drug-likeness (QED) is 0.811. The molecule has 0 aliphatic rings. The number of hydrogen-bond donors (Lipinski definition) is 2. The molecule has 3 N–H and O–H groups in total. The maximum atomic E-state index is 5.67. The smallest absolute Gasteiger partial charge is 0.0490 e. The molecule has 1 aromatic carbocycles. The molecule has 0 aliphatic carbocycles. The van der Waals surface area contributed by atoms with Gasteiger partial charge in [-0.2, -0.15) is 0 Å². The SMILES string of the molecule is CCC(C)(C)Nc1ccc(N)cc1Br. The first-order valence-corrected chi connectivity index (χ1v) is 5.57. The van der Waals surface area contributed by atoms with Gasteiger partial charge in [0.15, 0.2) is 0 Å². The average molecular weight is 257 g/mol. The summed E-state index contributed by atoms with van der Waals surface area (Å²) in [6, 6.07) is 5.81. The Morgan fingerprint density at radius 1 is 1.43 bits per heavy atom. The number of nitrogens with one attached hydrogen (secondary N) is 1. The van der Waals surface area contributed by atoms with E-state index in [9.17, 15) is 0 Å². The van der Waals surface area contributed by atoms with E-state index in [2.05, 4.69) is 42.0 Å². The van der Waals surface area contributed by atoms with Gasteiger partial charge in [0.05, 0.1) is 0 Å². The van der Waals surface area contributed by atoms with Crippen molar-refractivity contribution in [2.75, 3.05) is 11.1 Å². The molecule has 0 aliphatic heterocycles. The van der Waals surface area contributed by atoms with Crippen molar-refractivity contribution in [3.63, 3.8) is 0 Å². The zero-order chi connectivity index (χ0) is 10.8. The molecule has 3 heteroatoms. The number of rotatable bonds is 3. The van der Waals surface area contributed by atoms with E-state index in [4.69, 9.17) is 5.73 Å². The second kappa shape index (κ2) is 4.22.